The molecule has 1 N–H and O–H groups in total. The van der Waals surface area contributed by atoms with Gasteiger partial charge in [0.2, 0.25) is 0 Å². The van der Waals surface area contributed by atoms with Crippen LogP contribution in [0.3, 0.4) is 0 Å². The van der Waals surface area contributed by atoms with Crippen molar-refractivity contribution in [3.05, 3.63) is 46.8 Å². The standard InChI is InChI=1S/C23H31N3O4/c1-14-7-19(26-12-16(3)29-17(4)13-26)9-20(8-14)30-23(27)25-11-21-18(5)22(28-6)15(2)10-24-21/h7-10,16-17H,11-13H2,1-6H3,(H,25,27). The molecule has 0 aliphatic carbocycles. The van der Waals surface area contributed by atoms with E-state index in [-0.39, 0.29) is 18.8 Å². The van der Waals surface area contributed by atoms with Crippen LogP contribution in [-0.2, 0) is 11.3 Å². The molecular formula is C23H31N3O4. The van der Waals surface area contributed by atoms with E-state index in [0.717, 1.165) is 46.9 Å². The number of methoxy groups -OCH3 is 1. The number of aromatic nitrogens is 1. The minimum atomic E-state index is -0.518. The van der Waals surface area contributed by atoms with Crippen molar-refractivity contribution < 1.29 is 19.0 Å². The lowest BCUT2D eigenvalue weighted by Crippen LogP contribution is -2.45. The molecule has 0 bridgehead atoms. The molecule has 1 aromatic heterocycles. The molecule has 2 aromatic rings. The van der Waals surface area contributed by atoms with Crippen LogP contribution in [0.25, 0.3) is 0 Å². The normalized spacial score (nSPS) is 18.8. The van der Waals surface area contributed by atoms with Gasteiger partial charge in [0.15, 0.2) is 0 Å². The fourth-order valence-corrected chi connectivity index (χ4v) is 3.91. The Bertz CT molecular complexity index is 906. The van der Waals surface area contributed by atoms with E-state index in [0.29, 0.717) is 5.75 Å². The molecule has 7 heteroatoms. The Morgan fingerprint density at radius 3 is 2.57 bits per heavy atom. The zero-order valence-electron chi connectivity index (χ0n) is 18.6. The molecule has 0 saturated carbocycles. The van der Waals surface area contributed by atoms with Crippen LogP contribution in [0.15, 0.2) is 24.4 Å². The molecule has 0 radical (unpaired) electrons. The van der Waals surface area contributed by atoms with Crippen LogP contribution in [0.5, 0.6) is 11.5 Å². The molecule has 2 unspecified atom stereocenters. The second kappa shape index (κ2) is 9.34. The second-order valence-electron chi connectivity index (χ2n) is 7.96. The summed E-state index contributed by atoms with van der Waals surface area (Å²) in [6.45, 7) is 11.9. The Morgan fingerprint density at radius 1 is 1.20 bits per heavy atom. The van der Waals surface area contributed by atoms with Gasteiger partial charge in [0.25, 0.3) is 0 Å². The highest BCUT2D eigenvalue weighted by molar-refractivity contribution is 5.71. The minimum Gasteiger partial charge on any atom is -0.496 e. The number of anilines is 1. The van der Waals surface area contributed by atoms with E-state index in [2.05, 4.69) is 35.1 Å². The highest BCUT2D eigenvalue weighted by Crippen LogP contribution is 2.27. The molecule has 1 saturated heterocycles. The van der Waals surface area contributed by atoms with Crippen molar-refractivity contribution in [1.82, 2.24) is 10.3 Å². The van der Waals surface area contributed by atoms with Crippen LogP contribution < -0.4 is 19.7 Å². The van der Waals surface area contributed by atoms with E-state index in [1.807, 2.05) is 32.9 Å². The van der Waals surface area contributed by atoms with Crippen molar-refractivity contribution in [1.29, 1.82) is 0 Å². The minimum absolute atomic E-state index is 0.157. The van der Waals surface area contributed by atoms with Crippen molar-refractivity contribution in [2.24, 2.45) is 0 Å². The van der Waals surface area contributed by atoms with Gasteiger partial charge in [0, 0.05) is 42.2 Å². The first kappa shape index (κ1) is 21.9. The Hall–Kier alpha value is -2.80. The zero-order chi connectivity index (χ0) is 21.8. The Morgan fingerprint density at radius 2 is 1.90 bits per heavy atom. The quantitative estimate of drug-likeness (QED) is 0.801. The van der Waals surface area contributed by atoms with Crippen LogP contribution in [0.1, 0.15) is 36.2 Å². The molecule has 2 heterocycles. The van der Waals surface area contributed by atoms with E-state index < -0.39 is 6.09 Å². The van der Waals surface area contributed by atoms with Crippen LogP contribution in [-0.4, -0.2) is 43.5 Å². The van der Waals surface area contributed by atoms with Gasteiger partial charge < -0.3 is 24.4 Å². The predicted molar refractivity (Wildman–Crippen MR) is 117 cm³/mol. The summed E-state index contributed by atoms with van der Waals surface area (Å²) in [6, 6.07) is 5.85. The number of hydrogen-bond donors (Lipinski definition) is 1. The highest BCUT2D eigenvalue weighted by Gasteiger charge is 2.23. The summed E-state index contributed by atoms with van der Waals surface area (Å²) in [5, 5.41) is 2.78. The van der Waals surface area contributed by atoms with Crippen LogP contribution in [0, 0.1) is 20.8 Å². The number of ether oxygens (including phenoxy) is 3. The van der Waals surface area contributed by atoms with Gasteiger partial charge in [-0.25, -0.2) is 4.79 Å². The lowest BCUT2D eigenvalue weighted by atomic mass is 10.1. The number of rotatable bonds is 5. The first-order valence-corrected chi connectivity index (χ1v) is 10.2. The lowest BCUT2D eigenvalue weighted by molar-refractivity contribution is -0.00523. The van der Waals surface area contributed by atoms with Gasteiger partial charge in [-0.15, -0.1) is 0 Å². The summed E-state index contributed by atoms with van der Waals surface area (Å²) in [6.07, 6.45) is 1.54. The second-order valence-corrected chi connectivity index (χ2v) is 7.96. The maximum absolute atomic E-state index is 12.4. The highest BCUT2D eigenvalue weighted by atomic mass is 16.6. The first-order valence-electron chi connectivity index (χ1n) is 10.2. The number of carbonyl (C=O) groups is 1. The van der Waals surface area contributed by atoms with Crippen molar-refractivity contribution in [2.45, 2.75) is 53.4 Å². The molecule has 1 amide bonds. The van der Waals surface area contributed by atoms with Gasteiger partial charge in [-0.3, -0.25) is 4.98 Å². The van der Waals surface area contributed by atoms with Crippen molar-refractivity contribution in [2.75, 3.05) is 25.1 Å². The number of carbonyl (C=O) groups excluding carboxylic acids is 1. The van der Waals surface area contributed by atoms with E-state index >= 15 is 0 Å². The summed E-state index contributed by atoms with van der Waals surface area (Å²) in [5.41, 5.74) is 4.67. The van der Waals surface area contributed by atoms with E-state index in [1.165, 1.54) is 0 Å². The molecule has 30 heavy (non-hydrogen) atoms. The first-order chi connectivity index (χ1) is 14.3. The lowest BCUT2D eigenvalue weighted by Gasteiger charge is -2.37. The summed E-state index contributed by atoms with van der Waals surface area (Å²) in [7, 11) is 1.63. The van der Waals surface area contributed by atoms with Gasteiger partial charge in [0.05, 0.1) is 31.6 Å². The van der Waals surface area contributed by atoms with Gasteiger partial charge >= 0.3 is 6.09 Å². The van der Waals surface area contributed by atoms with Crippen molar-refractivity contribution >= 4 is 11.8 Å². The fourth-order valence-electron chi connectivity index (χ4n) is 3.91. The average Bonchev–Trinajstić information content (AvgIpc) is 2.66. The van der Waals surface area contributed by atoms with Crippen molar-refractivity contribution in [3.63, 3.8) is 0 Å². The summed E-state index contributed by atoms with van der Waals surface area (Å²) >= 11 is 0. The van der Waals surface area contributed by atoms with E-state index in [9.17, 15) is 4.79 Å². The zero-order valence-corrected chi connectivity index (χ0v) is 18.6. The van der Waals surface area contributed by atoms with Gasteiger partial charge in [0.1, 0.15) is 11.5 Å². The molecule has 2 atom stereocenters. The molecule has 7 nitrogen and oxygen atoms in total. The van der Waals surface area contributed by atoms with Gasteiger partial charge in [-0.05, 0) is 52.3 Å². The number of morpholine rings is 1. The Balaban J connectivity index is 1.66. The molecule has 1 aromatic carbocycles. The number of hydrogen-bond acceptors (Lipinski definition) is 6. The number of benzene rings is 1. The smallest absolute Gasteiger partial charge is 0.412 e. The average molecular weight is 414 g/mol. The topological polar surface area (TPSA) is 72.9 Å². The third-order valence-corrected chi connectivity index (χ3v) is 5.18. The van der Waals surface area contributed by atoms with Crippen molar-refractivity contribution in [3.8, 4) is 11.5 Å². The number of nitrogens with zero attached hydrogens (tertiary/aromatic N) is 2. The number of amides is 1. The summed E-state index contributed by atoms with van der Waals surface area (Å²) in [5.74, 6) is 1.30. The maximum atomic E-state index is 12.4. The number of nitrogens with one attached hydrogen (secondary N) is 1. The third kappa shape index (κ3) is 5.21. The number of pyridine rings is 1. The molecule has 0 spiro atoms. The monoisotopic (exact) mass is 413 g/mol. The number of aryl methyl sites for hydroxylation is 2. The largest absolute Gasteiger partial charge is 0.496 e. The molecule has 1 fully saturated rings. The SMILES string of the molecule is COc1c(C)cnc(CNC(=O)Oc2cc(C)cc(N3CC(C)OC(C)C3)c2)c1C. The van der Waals surface area contributed by atoms with Crippen LogP contribution in [0.2, 0.25) is 0 Å². The van der Waals surface area contributed by atoms with Gasteiger partial charge in [-0.1, -0.05) is 0 Å². The third-order valence-electron chi connectivity index (χ3n) is 5.18. The van der Waals surface area contributed by atoms with Crippen LogP contribution >= 0.6 is 0 Å². The van der Waals surface area contributed by atoms with E-state index in [4.69, 9.17) is 14.2 Å². The van der Waals surface area contributed by atoms with Crippen LogP contribution in [0.4, 0.5) is 10.5 Å². The predicted octanol–water partition coefficient (Wildman–Crippen LogP) is 3.92. The summed E-state index contributed by atoms with van der Waals surface area (Å²) < 4.78 is 16.8. The van der Waals surface area contributed by atoms with Gasteiger partial charge in [-0.2, -0.15) is 0 Å². The molecule has 1 aliphatic rings. The fraction of sp³-hybridized carbons (Fsp3) is 0.478. The molecular weight excluding hydrogens is 382 g/mol. The summed E-state index contributed by atoms with van der Waals surface area (Å²) in [4.78, 5) is 19.1. The maximum Gasteiger partial charge on any atom is 0.412 e. The molecule has 1 aliphatic heterocycles. The Labute approximate surface area is 178 Å². The molecule has 162 valence electrons. The van der Waals surface area contributed by atoms with E-state index in [1.54, 1.807) is 13.3 Å². The Kier molecular flexibility index (Phi) is 6.82. The molecule has 3 rings (SSSR count).